The van der Waals surface area contributed by atoms with E-state index in [-0.39, 0.29) is 0 Å². The Kier molecular flexibility index (Phi) is 10.6. The Labute approximate surface area is 87.5 Å². The lowest BCUT2D eigenvalue weighted by molar-refractivity contribution is 0.349. The van der Waals surface area contributed by atoms with Gasteiger partial charge in [0.2, 0.25) is 0 Å². The van der Waals surface area contributed by atoms with Crippen molar-refractivity contribution in [1.29, 1.82) is 0 Å². The first-order valence-corrected chi connectivity index (χ1v) is 6.43. The van der Waals surface area contributed by atoms with Crippen molar-refractivity contribution >= 4 is 11.8 Å². The summed E-state index contributed by atoms with van der Waals surface area (Å²) in [7, 11) is 2.16. The first-order valence-electron chi connectivity index (χ1n) is 5.28. The lowest BCUT2D eigenvalue weighted by Crippen LogP contribution is -2.29. The molecule has 0 aliphatic rings. The highest BCUT2D eigenvalue weighted by molar-refractivity contribution is 7.99. The molecular formula is C10H24N2S. The van der Waals surface area contributed by atoms with Gasteiger partial charge >= 0.3 is 0 Å². The molecule has 0 atom stereocenters. The van der Waals surface area contributed by atoms with E-state index in [0.717, 1.165) is 19.6 Å². The van der Waals surface area contributed by atoms with Gasteiger partial charge in [0.05, 0.1) is 0 Å². The van der Waals surface area contributed by atoms with Gasteiger partial charge in [-0.1, -0.05) is 13.8 Å². The maximum atomic E-state index is 3.45. The van der Waals surface area contributed by atoms with Gasteiger partial charge < -0.3 is 10.2 Å². The molecule has 0 fully saturated rings. The van der Waals surface area contributed by atoms with Crippen LogP contribution in [-0.2, 0) is 0 Å². The van der Waals surface area contributed by atoms with Gasteiger partial charge in [-0.25, -0.2) is 0 Å². The Morgan fingerprint density at radius 3 is 2.62 bits per heavy atom. The smallest absolute Gasteiger partial charge is 0.0104 e. The largest absolute Gasteiger partial charge is 0.315 e. The van der Waals surface area contributed by atoms with Crippen LogP contribution in [0.1, 0.15) is 20.3 Å². The van der Waals surface area contributed by atoms with Gasteiger partial charge in [-0.15, -0.1) is 0 Å². The molecule has 3 heteroatoms. The summed E-state index contributed by atoms with van der Waals surface area (Å²) in [6, 6.07) is 0. The van der Waals surface area contributed by atoms with E-state index in [4.69, 9.17) is 0 Å². The number of likely N-dealkylation sites (N-methyl/N-ethyl adjacent to an activating group) is 1. The van der Waals surface area contributed by atoms with Crippen molar-refractivity contribution in [2.45, 2.75) is 20.3 Å². The quantitative estimate of drug-likeness (QED) is 0.575. The van der Waals surface area contributed by atoms with Crippen LogP contribution in [0, 0.1) is 0 Å². The standard InChI is InChI=1S/C10H24N2S/c1-4-12(3)9-8-11-7-6-10-13-5-2/h11H,4-10H2,1-3H3. The molecule has 1 N–H and O–H groups in total. The van der Waals surface area contributed by atoms with E-state index in [0.29, 0.717) is 0 Å². The highest BCUT2D eigenvalue weighted by atomic mass is 32.2. The van der Waals surface area contributed by atoms with Crippen molar-refractivity contribution in [2.24, 2.45) is 0 Å². The molecule has 0 saturated heterocycles. The van der Waals surface area contributed by atoms with Gasteiger partial charge in [0.1, 0.15) is 0 Å². The molecule has 0 heterocycles. The SMILES string of the molecule is CCSCCCNCCN(C)CC. The minimum atomic E-state index is 1.13. The number of rotatable bonds is 9. The van der Waals surface area contributed by atoms with E-state index in [2.05, 4.69) is 31.1 Å². The highest BCUT2D eigenvalue weighted by Crippen LogP contribution is 1.99. The molecule has 0 saturated carbocycles. The van der Waals surface area contributed by atoms with Gasteiger partial charge in [0.25, 0.3) is 0 Å². The average Bonchev–Trinajstić information content (AvgIpc) is 2.16. The Balaban J connectivity index is 2.91. The van der Waals surface area contributed by atoms with Crippen molar-refractivity contribution in [1.82, 2.24) is 10.2 Å². The molecule has 0 amide bonds. The second-order valence-corrected chi connectivity index (χ2v) is 4.59. The summed E-state index contributed by atoms with van der Waals surface area (Å²) in [5.41, 5.74) is 0. The van der Waals surface area contributed by atoms with Crippen LogP contribution in [0.3, 0.4) is 0 Å². The van der Waals surface area contributed by atoms with Crippen molar-refractivity contribution in [3.8, 4) is 0 Å². The second kappa shape index (κ2) is 10.4. The van der Waals surface area contributed by atoms with Crippen molar-refractivity contribution < 1.29 is 0 Å². The molecule has 80 valence electrons. The van der Waals surface area contributed by atoms with Crippen molar-refractivity contribution in [2.75, 3.05) is 44.7 Å². The summed E-state index contributed by atoms with van der Waals surface area (Å²) < 4.78 is 0. The minimum absolute atomic E-state index is 1.13. The molecule has 0 unspecified atom stereocenters. The monoisotopic (exact) mass is 204 g/mol. The van der Waals surface area contributed by atoms with Crippen molar-refractivity contribution in [3.63, 3.8) is 0 Å². The first-order chi connectivity index (χ1) is 6.31. The van der Waals surface area contributed by atoms with Crippen LogP contribution in [-0.4, -0.2) is 49.6 Å². The molecular weight excluding hydrogens is 180 g/mol. The van der Waals surface area contributed by atoms with Gasteiger partial charge in [-0.2, -0.15) is 11.8 Å². The van der Waals surface area contributed by atoms with Crippen LogP contribution in [0.15, 0.2) is 0 Å². The summed E-state index contributed by atoms with van der Waals surface area (Å²) in [6.45, 7) is 9.02. The normalized spacial score (nSPS) is 11.1. The van der Waals surface area contributed by atoms with Crippen LogP contribution in [0.5, 0.6) is 0 Å². The van der Waals surface area contributed by atoms with Gasteiger partial charge in [-0.3, -0.25) is 0 Å². The Bertz CT molecular complexity index is 98.9. The lowest BCUT2D eigenvalue weighted by Gasteiger charge is -2.13. The fourth-order valence-corrected chi connectivity index (χ4v) is 1.63. The molecule has 0 radical (unpaired) electrons. The lowest BCUT2D eigenvalue weighted by atomic mass is 10.4. The zero-order valence-corrected chi connectivity index (χ0v) is 10.1. The van der Waals surface area contributed by atoms with Crippen LogP contribution in [0.4, 0.5) is 0 Å². The Morgan fingerprint density at radius 2 is 2.00 bits per heavy atom. The van der Waals surface area contributed by atoms with Gasteiger partial charge in [-0.05, 0) is 38.1 Å². The molecule has 0 aliphatic heterocycles. The summed E-state index contributed by atoms with van der Waals surface area (Å²) in [4.78, 5) is 2.33. The second-order valence-electron chi connectivity index (χ2n) is 3.20. The van der Waals surface area contributed by atoms with E-state index in [1.165, 1.54) is 24.5 Å². The number of hydrogen-bond donors (Lipinski definition) is 1. The van der Waals surface area contributed by atoms with E-state index >= 15 is 0 Å². The number of hydrogen-bond acceptors (Lipinski definition) is 3. The number of thioether (sulfide) groups is 1. The highest BCUT2D eigenvalue weighted by Gasteiger charge is 1.92. The van der Waals surface area contributed by atoms with Crippen LogP contribution >= 0.6 is 11.8 Å². The summed E-state index contributed by atoms with van der Waals surface area (Å²) in [6.07, 6.45) is 1.30. The van der Waals surface area contributed by atoms with Crippen LogP contribution in [0.25, 0.3) is 0 Å². The maximum absolute atomic E-state index is 3.45. The molecule has 0 rings (SSSR count). The molecule has 13 heavy (non-hydrogen) atoms. The maximum Gasteiger partial charge on any atom is 0.0104 e. The number of nitrogens with one attached hydrogen (secondary N) is 1. The fraction of sp³-hybridized carbons (Fsp3) is 1.00. The Morgan fingerprint density at radius 1 is 1.23 bits per heavy atom. The zero-order valence-electron chi connectivity index (χ0n) is 9.31. The predicted molar refractivity (Wildman–Crippen MR) is 63.7 cm³/mol. The third-order valence-electron chi connectivity index (χ3n) is 2.06. The molecule has 0 bridgehead atoms. The van der Waals surface area contributed by atoms with Crippen LogP contribution in [0.2, 0.25) is 0 Å². The molecule has 0 spiro atoms. The number of nitrogens with zero attached hydrogens (tertiary/aromatic N) is 1. The van der Waals surface area contributed by atoms with E-state index in [9.17, 15) is 0 Å². The fourth-order valence-electron chi connectivity index (χ4n) is 0.997. The topological polar surface area (TPSA) is 15.3 Å². The Hall–Kier alpha value is 0.270. The molecule has 0 aromatic rings. The third kappa shape index (κ3) is 10.2. The summed E-state index contributed by atoms with van der Waals surface area (Å²) in [5.74, 6) is 2.55. The third-order valence-corrected chi connectivity index (χ3v) is 3.04. The summed E-state index contributed by atoms with van der Waals surface area (Å²) >= 11 is 2.03. The predicted octanol–water partition coefficient (Wildman–Crippen LogP) is 1.67. The molecule has 2 nitrogen and oxygen atoms in total. The van der Waals surface area contributed by atoms with E-state index < -0.39 is 0 Å². The first kappa shape index (κ1) is 13.3. The average molecular weight is 204 g/mol. The zero-order chi connectivity index (χ0) is 9.94. The summed E-state index contributed by atoms with van der Waals surface area (Å²) in [5, 5.41) is 3.45. The minimum Gasteiger partial charge on any atom is -0.315 e. The molecule has 0 aromatic carbocycles. The van der Waals surface area contributed by atoms with Gasteiger partial charge in [0, 0.05) is 13.1 Å². The van der Waals surface area contributed by atoms with E-state index in [1.807, 2.05) is 11.8 Å². The van der Waals surface area contributed by atoms with Crippen LogP contribution < -0.4 is 5.32 Å². The molecule has 0 aromatic heterocycles. The van der Waals surface area contributed by atoms with Crippen molar-refractivity contribution in [3.05, 3.63) is 0 Å². The molecule has 0 aliphatic carbocycles. The van der Waals surface area contributed by atoms with Gasteiger partial charge in [0.15, 0.2) is 0 Å². The van der Waals surface area contributed by atoms with E-state index in [1.54, 1.807) is 0 Å².